The Kier molecular flexibility index (Phi) is 10.3. The molecule has 0 fully saturated rings. The predicted octanol–water partition coefficient (Wildman–Crippen LogP) is 5.82. The van der Waals surface area contributed by atoms with Crippen LogP contribution in [0, 0.1) is 0 Å². The highest BCUT2D eigenvalue weighted by Crippen LogP contribution is 2.37. The summed E-state index contributed by atoms with van der Waals surface area (Å²) in [6.45, 7) is 4.86. The van der Waals surface area contributed by atoms with Crippen molar-refractivity contribution in [3.8, 4) is 23.0 Å². The van der Waals surface area contributed by atoms with Crippen molar-refractivity contribution >= 4 is 50.9 Å². The van der Waals surface area contributed by atoms with E-state index in [1.807, 2.05) is 32.0 Å². The van der Waals surface area contributed by atoms with E-state index >= 15 is 0 Å². The summed E-state index contributed by atoms with van der Waals surface area (Å²) in [5.74, 6) is 1.42. The Hall–Kier alpha value is -4.06. The Morgan fingerprint density at radius 2 is 1.73 bits per heavy atom. The van der Waals surface area contributed by atoms with E-state index < -0.39 is 12.0 Å². The van der Waals surface area contributed by atoms with E-state index in [1.54, 1.807) is 49.6 Å². The number of thiazole rings is 1. The predicted molar refractivity (Wildman–Crippen MR) is 176 cm³/mol. The average molecular weight is 714 g/mol. The lowest BCUT2D eigenvalue weighted by Crippen LogP contribution is -2.39. The van der Waals surface area contributed by atoms with Gasteiger partial charge in [0.1, 0.15) is 6.61 Å². The maximum absolute atomic E-state index is 14.2. The quantitative estimate of drug-likeness (QED) is 0.181. The fourth-order valence-corrected chi connectivity index (χ4v) is 6.41. The smallest absolute Gasteiger partial charge is 0.337 e. The van der Waals surface area contributed by atoms with Crippen molar-refractivity contribution in [2.24, 2.45) is 4.99 Å². The van der Waals surface area contributed by atoms with Crippen LogP contribution >= 0.6 is 38.9 Å². The second-order valence-electron chi connectivity index (χ2n) is 9.69. The van der Waals surface area contributed by atoms with Gasteiger partial charge in [0.15, 0.2) is 27.8 Å². The molecule has 5 rings (SSSR count). The molecule has 0 amide bonds. The van der Waals surface area contributed by atoms with Crippen LogP contribution in [0.5, 0.6) is 23.0 Å². The molecule has 1 aliphatic rings. The molecule has 45 heavy (non-hydrogen) atoms. The van der Waals surface area contributed by atoms with Crippen LogP contribution in [0.2, 0.25) is 5.02 Å². The number of carbonyl (C=O) groups excluding carboxylic acids is 1. The molecule has 0 saturated heterocycles. The van der Waals surface area contributed by atoms with Gasteiger partial charge in [-0.2, -0.15) is 0 Å². The van der Waals surface area contributed by atoms with E-state index in [9.17, 15) is 9.59 Å². The second-order valence-corrected chi connectivity index (χ2v) is 12.1. The molecule has 0 aliphatic carbocycles. The highest BCUT2D eigenvalue weighted by atomic mass is 79.9. The van der Waals surface area contributed by atoms with Crippen molar-refractivity contribution in [1.29, 1.82) is 0 Å². The number of hydrogen-bond acceptors (Lipinski definition) is 9. The van der Waals surface area contributed by atoms with Gasteiger partial charge in [-0.1, -0.05) is 57.1 Å². The van der Waals surface area contributed by atoms with Crippen molar-refractivity contribution in [2.45, 2.75) is 26.5 Å². The number of aromatic nitrogens is 1. The fraction of sp³-hybridized carbons (Fsp3) is 0.242. The Labute approximate surface area is 277 Å². The lowest BCUT2D eigenvalue weighted by molar-refractivity contribution is -0.136. The number of hydrogen-bond donors (Lipinski definition) is 0. The van der Waals surface area contributed by atoms with Gasteiger partial charge in [-0.15, -0.1) is 0 Å². The van der Waals surface area contributed by atoms with Gasteiger partial charge < -0.3 is 23.7 Å². The van der Waals surface area contributed by atoms with Gasteiger partial charge in [0.05, 0.1) is 43.6 Å². The Balaban J connectivity index is 1.64. The number of halogens is 2. The first kappa shape index (κ1) is 32.3. The topological polar surface area (TPSA) is 97.6 Å². The van der Waals surface area contributed by atoms with E-state index in [0.717, 1.165) is 10.0 Å². The molecule has 12 heteroatoms. The van der Waals surface area contributed by atoms with Crippen molar-refractivity contribution in [1.82, 2.24) is 4.57 Å². The number of carbonyl (C=O) groups is 1. The van der Waals surface area contributed by atoms with Crippen LogP contribution in [0.15, 0.2) is 80.6 Å². The minimum Gasteiger partial charge on any atom is -0.493 e. The molecule has 1 aromatic heterocycles. The van der Waals surface area contributed by atoms with Crippen LogP contribution in [-0.4, -0.2) is 38.0 Å². The number of methoxy groups -OCH3 is 2. The average Bonchev–Trinajstić information content (AvgIpc) is 3.35. The van der Waals surface area contributed by atoms with Crippen molar-refractivity contribution in [3.05, 3.63) is 112 Å². The summed E-state index contributed by atoms with van der Waals surface area (Å²) in [4.78, 5) is 32.0. The van der Waals surface area contributed by atoms with Gasteiger partial charge in [0, 0.05) is 21.3 Å². The van der Waals surface area contributed by atoms with E-state index in [4.69, 9.17) is 35.3 Å². The van der Waals surface area contributed by atoms with E-state index in [-0.39, 0.29) is 17.7 Å². The standard InChI is InChI=1S/C33H30BrClN2O7S/c1-5-42-25-12-9-20(14-26(25)43-6-2)29-24(32(39)41-4)17-36-33-37(29)31(38)28(45-33)15-21-13-22(34)16-27(40-3)30(21)44-18-19-7-10-23(35)11-8-19/h7-17,29H,5-6,18H2,1-4H3/b28-15+/t29-/m1/s1. The Morgan fingerprint density at radius 1 is 1.00 bits per heavy atom. The van der Waals surface area contributed by atoms with Crippen molar-refractivity contribution in [3.63, 3.8) is 0 Å². The van der Waals surface area contributed by atoms with Crippen LogP contribution in [0.25, 0.3) is 6.08 Å². The zero-order valence-corrected chi connectivity index (χ0v) is 28.1. The molecule has 0 bridgehead atoms. The third-order valence-corrected chi connectivity index (χ3v) is 8.57. The third-order valence-electron chi connectivity index (χ3n) is 6.86. The summed E-state index contributed by atoms with van der Waals surface area (Å²) in [6, 6.07) is 15.5. The lowest BCUT2D eigenvalue weighted by Gasteiger charge is -2.23. The van der Waals surface area contributed by atoms with Gasteiger partial charge in [0.2, 0.25) is 0 Å². The number of ether oxygens (including phenoxy) is 5. The van der Waals surface area contributed by atoms with Crippen LogP contribution < -0.4 is 33.8 Å². The first-order chi connectivity index (χ1) is 21.8. The number of fused-ring (bicyclic) bond motifs is 1. The monoisotopic (exact) mass is 712 g/mol. The van der Waals surface area contributed by atoms with Crippen molar-refractivity contribution in [2.75, 3.05) is 27.4 Å². The van der Waals surface area contributed by atoms with Gasteiger partial charge in [-0.25, -0.2) is 9.79 Å². The van der Waals surface area contributed by atoms with Crippen LogP contribution in [-0.2, 0) is 16.1 Å². The second kappa shape index (κ2) is 14.4. The molecule has 3 aromatic carbocycles. The van der Waals surface area contributed by atoms with E-state index in [0.29, 0.717) is 61.7 Å². The Morgan fingerprint density at radius 3 is 2.42 bits per heavy atom. The summed E-state index contributed by atoms with van der Waals surface area (Å²) in [6.07, 6.45) is 3.18. The van der Waals surface area contributed by atoms with Crippen LogP contribution in [0.3, 0.4) is 0 Å². The number of benzene rings is 3. The fourth-order valence-electron chi connectivity index (χ4n) is 4.87. The maximum Gasteiger partial charge on any atom is 0.337 e. The first-order valence-electron chi connectivity index (χ1n) is 14.0. The van der Waals surface area contributed by atoms with E-state index in [2.05, 4.69) is 20.9 Å². The minimum atomic E-state index is -0.816. The normalized spacial score (nSPS) is 14.2. The van der Waals surface area contributed by atoms with Gasteiger partial charge >= 0.3 is 5.97 Å². The summed E-state index contributed by atoms with van der Waals surface area (Å²) >= 11 is 10.8. The summed E-state index contributed by atoms with van der Waals surface area (Å²) in [5, 5.41) is 0.629. The van der Waals surface area contributed by atoms with Crippen LogP contribution in [0.1, 0.15) is 36.6 Å². The number of esters is 1. The lowest BCUT2D eigenvalue weighted by atomic mass is 9.97. The summed E-state index contributed by atoms with van der Waals surface area (Å²) in [7, 11) is 2.84. The highest BCUT2D eigenvalue weighted by molar-refractivity contribution is 9.10. The van der Waals surface area contributed by atoms with Gasteiger partial charge in [0.25, 0.3) is 5.56 Å². The molecular weight excluding hydrogens is 684 g/mol. The third kappa shape index (κ3) is 6.95. The Bertz CT molecular complexity index is 1940. The SMILES string of the molecule is CCOc1ccc([C@@H]2C(C(=O)OC)=CN=c3s/c(=C/c4cc(Br)cc(OC)c4OCc4ccc(Cl)cc4)c(=O)n32)cc1OCC. The molecule has 0 unspecified atom stereocenters. The molecule has 1 atom stereocenters. The molecule has 1 aliphatic heterocycles. The molecule has 0 spiro atoms. The zero-order chi connectivity index (χ0) is 32.1. The molecule has 0 radical (unpaired) electrons. The zero-order valence-electron chi connectivity index (χ0n) is 25.0. The van der Waals surface area contributed by atoms with Gasteiger partial charge in [-0.3, -0.25) is 9.36 Å². The molecule has 9 nitrogen and oxygen atoms in total. The highest BCUT2D eigenvalue weighted by Gasteiger charge is 2.31. The molecule has 0 saturated carbocycles. The molecule has 4 aromatic rings. The molecule has 0 N–H and O–H groups in total. The summed E-state index contributed by atoms with van der Waals surface area (Å²) < 4.78 is 31.1. The maximum atomic E-state index is 14.2. The van der Waals surface area contributed by atoms with E-state index in [1.165, 1.54) is 29.2 Å². The number of nitrogens with zero attached hydrogens (tertiary/aromatic N) is 2. The largest absolute Gasteiger partial charge is 0.493 e. The van der Waals surface area contributed by atoms with Crippen LogP contribution in [0.4, 0.5) is 0 Å². The number of rotatable bonds is 11. The summed E-state index contributed by atoms with van der Waals surface area (Å²) in [5.41, 5.74) is 2.03. The minimum absolute atomic E-state index is 0.208. The molecule has 2 heterocycles. The van der Waals surface area contributed by atoms with Gasteiger partial charge in [-0.05, 0) is 67.4 Å². The molecule has 234 valence electrons. The van der Waals surface area contributed by atoms with Crippen molar-refractivity contribution < 1.29 is 28.5 Å². The molecular formula is C33H30BrClN2O7S. The first-order valence-corrected chi connectivity index (χ1v) is 16.0.